The van der Waals surface area contributed by atoms with Crippen molar-refractivity contribution >= 4 is 17.5 Å². The maximum atomic E-state index is 13.0. The second kappa shape index (κ2) is 8.17. The number of anilines is 1. The number of nitrogens with one attached hydrogen (secondary N) is 1. The SMILES string of the molecule is CC(C)CN(CC(C)C)C(=O)C(=O)Nc1ccccc1C(F)(F)F. The normalized spacial score (nSPS) is 11.7. The zero-order chi connectivity index (χ0) is 18.5. The van der Waals surface area contributed by atoms with Crippen molar-refractivity contribution in [2.45, 2.75) is 33.9 Å². The summed E-state index contributed by atoms with van der Waals surface area (Å²) >= 11 is 0. The van der Waals surface area contributed by atoms with Crippen LogP contribution >= 0.6 is 0 Å². The van der Waals surface area contributed by atoms with Gasteiger partial charge in [0.15, 0.2) is 0 Å². The van der Waals surface area contributed by atoms with Crippen LogP contribution in [0.1, 0.15) is 33.3 Å². The van der Waals surface area contributed by atoms with Gasteiger partial charge < -0.3 is 10.2 Å². The Morgan fingerprint density at radius 2 is 1.54 bits per heavy atom. The van der Waals surface area contributed by atoms with Crippen molar-refractivity contribution in [1.82, 2.24) is 4.90 Å². The molecule has 0 spiro atoms. The van der Waals surface area contributed by atoms with Crippen molar-refractivity contribution in [3.63, 3.8) is 0 Å². The molecule has 7 heteroatoms. The fourth-order valence-corrected chi connectivity index (χ4v) is 2.28. The summed E-state index contributed by atoms with van der Waals surface area (Å²) < 4.78 is 38.9. The number of carbonyl (C=O) groups excluding carboxylic acids is 2. The van der Waals surface area contributed by atoms with Gasteiger partial charge in [0.1, 0.15) is 0 Å². The van der Waals surface area contributed by atoms with Gasteiger partial charge >= 0.3 is 18.0 Å². The second-order valence-corrected chi connectivity index (χ2v) is 6.50. The molecule has 0 aliphatic heterocycles. The van der Waals surface area contributed by atoms with Crippen LogP contribution in [-0.4, -0.2) is 29.8 Å². The fourth-order valence-electron chi connectivity index (χ4n) is 2.28. The van der Waals surface area contributed by atoms with Gasteiger partial charge in [-0.05, 0) is 24.0 Å². The topological polar surface area (TPSA) is 49.4 Å². The second-order valence-electron chi connectivity index (χ2n) is 6.50. The molecular formula is C17H23F3N2O2. The first-order valence-corrected chi connectivity index (χ1v) is 7.78. The Kier molecular flexibility index (Phi) is 6.81. The van der Waals surface area contributed by atoms with Gasteiger partial charge in [0.2, 0.25) is 0 Å². The molecule has 1 N–H and O–H groups in total. The van der Waals surface area contributed by atoms with Crippen molar-refractivity contribution < 1.29 is 22.8 Å². The molecule has 0 radical (unpaired) electrons. The van der Waals surface area contributed by atoms with Crippen molar-refractivity contribution in [3.05, 3.63) is 29.8 Å². The van der Waals surface area contributed by atoms with Crippen LogP contribution in [0.4, 0.5) is 18.9 Å². The van der Waals surface area contributed by atoms with Crippen LogP contribution in [-0.2, 0) is 15.8 Å². The van der Waals surface area contributed by atoms with E-state index in [1.165, 1.54) is 17.0 Å². The predicted octanol–water partition coefficient (Wildman–Crippen LogP) is 3.78. The highest BCUT2D eigenvalue weighted by Gasteiger charge is 2.34. The standard InChI is InChI=1S/C17H23F3N2O2/c1-11(2)9-22(10-12(3)4)16(24)15(23)21-14-8-6-5-7-13(14)17(18,19)20/h5-8,11-12H,9-10H2,1-4H3,(H,21,23). The monoisotopic (exact) mass is 344 g/mol. The van der Waals surface area contributed by atoms with Gasteiger partial charge in [-0.3, -0.25) is 9.59 Å². The Bertz CT molecular complexity index is 573. The van der Waals surface area contributed by atoms with E-state index in [1.54, 1.807) is 0 Å². The Morgan fingerprint density at radius 1 is 1.04 bits per heavy atom. The third-order valence-corrected chi connectivity index (χ3v) is 3.13. The molecule has 0 unspecified atom stereocenters. The Labute approximate surface area is 140 Å². The Balaban J connectivity index is 2.95. The molecule has 1 aromatic carbocycles. The molecule has 0 fully saturated rings. The van der Waals surface area contributed by atoms with Crippen LogP contribution < -0.4 is 5.32 Å². The summed E-state index contributed by atoms with van der Waals surface area (Å²) in [6.07, 6.45) is -4.61. The van der Waals surface area contributed by atoms with Crippen LogP contribution in [0, 0.1) is 11.8 Å². The number of alkyl halides is 3. The average molecular weight is 344 g/mol. The quantitative estimate of drug-likeness (QED) is 0.827. The molecular weight excluding hydrogens is 321 g/mol. The number of halogens is 3. The summed E-state index contributed by atoms with van der Waals surface area (Å²) in [5, 5.41) is 2.09. The number of hydrogen-bond acceptors (Lipinski definition) is 2. The maximum absolute atomic E-state index is 13.0. The van der Waals surface area contributed by atoms with Crippen LogP contribution in [0.25, 0.3) is 0 Å². The fraction of sp³-hybridized carbons (Fsp3) is 0.529. The highest BCUT2D eigenvalue weighted by Crippen LogP contribution is 2.34. The first-order valence-electron chi connectivity index (χ1n) is 7.78. The summed E-state index contributed by atoms with van der Waals surface area (Å²) in [7, 11) is 0. The van der Waals surface area contributed by atoms with Crippen LogP contribution in [0.15, 0.2) is 24.3 Å². The highest BCUT2D eigenvalue weighted by molar-refractivity contribution is 6.39. The van der Waals surface area contributed by atoms with Crippen LogP contribution in [0.3, 0.4) is 0 Å². The maximum Gasteiger partial charge on any atom is 0.418 e. The third kappa shape index (κ3) is 5.86. The molecule has 0 aliphatic rings. The number of benzene rings is 1. The third-order valence-electron chi connectivity index (χ3n) is 3.13. The predicted molar refractivity (Wildman–Crippen MR) is 86.3 cm³/mol. The molecule has 1 rings (SSSR count). The smallest absolute Gasteiger partial charge is 0.334 e. The van der Waals surface area contributed by atoms with E-state index in [-0.39, 0.29) is 11.8 Å². The van der Waals surface area contributed by atoms with Gasteiger partial charge in [0.25, 0.3) is 0 Å². The molecule has 24 heavy (non-hydrogen) atoms. The summed E-state index contributed by atoms with van der Waals surface area (Å²) in [5.41, 5.74) is -1.40. The van der Waals surface area contributed by atoms with E-state index >= 15 is 0 Å². The lowest BCUT2D eigenvalue weighted by molar-refractivity contribution is -0.144. The molecule has 0 saturated heterocycles. The number of amides is 2. The van der Waals surface area contributed by atoms with Gasteiger partial charge in [-0.25, -0.2) is 0 Å². The van der Waals surface area contributed by atoms with E-state index in [4.69, 9.17) is 0 Å². The summed E-state index contributed by atoms with van der Waals surface area (Å²) in [6, 6.07) is 4.59. The van der Waals surface area contributed by atoms with Gasteiger partial charge in [0.05, 0.1) is 11.3 Å². The van der Waals surface area contributed by atoms with Crippen molar-refractivity contribution in [2.24, 2.45) is 11.8 Å². The number of rotatable bonds is 5. The molecule has 0 aliphatic carbocycles. The molecule has 1 aromatic rings. The first kappa shape index (κ1) is 20.0. The van der Waals surface area contributed by atoms with Crippen molar-refractivity contribution in [2.75, 3.05) is 18.4 Å². The minimum absolute atomic E-state index is 0.142. The summed E-state index contributed by atoms with van der Waals surface area (Å²) in [5.74, 6) is -1.60. The zero-order valence-electron chi connectivity index (χ0n) is 14.3. The van der Waals surface area contributed by atoms with Crippen LogP contribution in [0.2, 0.25) is 0 Å². The van der Waals surface area contributed by atoms with Gasteiger partial charge in [-0.1, -0.05) is 39.8 Å². The minimum Gasteiger partial charge on any atom is -0.334 e. The minimum atomic E-state index is -4.61. The lowest BCUT2D eigenvalue weighted by atomic mass is 10.1. The highest BCUT2D eigenvalue weighted by atomic mass is 19.4. The van der Waals surface area contributed by atoms with E-state index in [2.05, 4.69) is 5.32 Å². The first-order chi connectivity index (χ1) is 11.0. The molecule has 0 atom stereocenters. The molecule has 4 nitrogen and oxygen atoms in total. The molecule has 134 valence electrons. The van der Waals surface area contributed by atoms with Gasteiger partial charge in [0, 0.05) is 13.1 Å². The zero-order valence-corrected chi connectivity index (χ0v) is 14.3. The molecule has 0 saturated carbocycles. The van der Waals surface area contributed by atoms with E-state index < -0.39 is 29.2 Å². The Morgan fingerprint density at radius 3 is 2.00 bits per heavy atom. The van der Waals surface area contributed by atoms with Crippen LogP contribution in [0.5, 0.6) is 0 Å². The number of hydrogen-bond donors (Lipinski definition) is 1. The van der Waals surface area contributed by atoms with E-state index in [1.807, 2.05) is 27.7 Å². The largest absolute Gasteiger partial charge is 0.418 e. The summed E-state index contributed by atoms with van der Waals surface area (Å²) in [6.45, 7) is 8.33. The summed E-state index contributed by atoms with van der Waals surface area (Å²) in [4.78, 5) is 25.8. The van der Waals surface area contributed by atoms with Crippen molar-refractivity contribution in [3.8, 4) is 0 Å². The van der Waals surface area contributed by atoms with Gasteiger partial charge in [-0.15, -0.1) is 0 Å². The Hall–Kier alpha value is -2.05. The van der Waals surface area contributed by atoms with E-state index in [0.29, 0.717) is 13.1 Å². The van der Waals surface area contributed by atoms with Crippen molar-refractivity contribution in [1.29, 1.82) is 0 Å². The molecule has 0 bridgehead atoms. The molecule has 0 heterocycles. The van der Waals surface area contributed by atoms with E-state index in [9.17, 15) is 22.8 Å². The van der Waals surface area contributed by atoms with Gasteiger partial charge in [-0.2, -0.15) is 13.2 Å². The lowest BCUT2D eigenvalue weighted by Crippen LogP contribution is -2.43. The molecule has 2 amide bonds. The number of carbonyl (C=O) groups is 2. The van der Waals surface area contributed by atoms with E-state index in [0.717, 1.165) is 12.1 Å². The average Bonchev–Trinajstić information content (AvgIpc) is 2.44. The molecule has 0 aromatic heterocycles. The number of nitrogens with zero attached hydrogens (tertiary/aromatic N) is 1. The number of para-hydroxylation sites is 1. The lowest BCUT2D eigenvalue weighted by Gasteiger charge is -2.26.